The Bertz CT molecular complexity index is 684. The summed E-state index contributed by atoms with van der Waals surface area (Å²) in [6.45, 7) is 5.98. The summed E-state index contributed by atoms with van der Waals surface area (Å²) in [6, 6.07) is 9.70. The fourth-order valence-electron chi connectivity index (χ4n) is 2.39. The van der Waals surface area contributed by atoms with Gasteiger partial charge in [-0.3, -0.25) is 14.3 Å². The number of carbonyl (C=O) groups excluding carboxylic acids is 1. The van der Waals surface area contributed by atoms with Gasteiger partial charge in [-0.25, -0.2) is 4.68 Å². The van der Waals surface area contributed by atoms with E-state index >= 15 is 0 Å². The fourth-order valence-corrected chi connectivity index (χ4v) is 2.39. The molecule has 1 aromatic heterocycles. The lowest BCUT2D eigenvalue weighted by Crippen LogP contribution is -2.24. The number of nitrogens with zero attached hydrogens (tertiary/aromatic N) is 2. The van der Waals surface area contributed by atoms with Gasteiger partial charge >= 0.3 is 0 Å². The van der Waals surface area contributed by atoms with E-state index in [2.05, 4.69) is 12.2 Å². The van der Waals surface area contributed by atoms with E-state index in [4.69, 9.17) is 0 Å². The summed E-state index contributed by atoms with van der Waals surface area (Å²) >= 11 is 0. The Kier molecular flexibility index (Phi) is 4.62. The molecule has 0 aliphatic heterocycles. The number of carbonyl (C=O) groups is 1. The van der Waals surface area contributed by atoms with Crippen LogP contribution in [0.3, 0.4) is 0 Å². The summed E-state index contributed by atoms with van der Waals surface area (Å²) in [7, 11) is 0. The van der Waals surface area contributed by atoms with Crippen LogP contribution in [0.5, 0.6) is 0 Å². The van der Waals surface area contributed by atoms with E-state index in [0.29, 0.717) is 12.2 Å². The zero-order chi connectivity index (χ0) is 15.4. The van der Waals surface area contributed by atoms with Crippen molar-refractivity contribution in [2.75, 3.05) is 5.32 Å². The molecular weight excluding hydrogens is 266 g/mol. The van der Waals surface area contributed by atoms with Crippen LogP contribution in [0.2, 0.25) is 0 Å². The highest BCUT2D eigenvalue weighted by molar-refractivity contribution is 5.89. The van der Waals surface area contributed by atoms with Crippen LogP contribution in [0.1, 0.15) is 32.4 Å². The van der Waals surface area contributed by atoms with Gasteiger partial charge in [0.25, 0.3) is 5.56 Å². The molecule has 0 aliphatic carbocycles. The van der Waals surface area contributed by atoms with Gasteiger partial charge in [-0.2, -0.15) is 0 Å². The van der Waals surface area contributed by atoms with E-state index in [1.54, 1.807) is 4.68 Å². The van der Waals surface area contributed by atoms with Gasteiger partial charge < -0.3 is 5.32 Å². The summed E-state index contributed by atoms with van der Waals surface area (Å²) < 4.78 is 3.57. The van der Waals surface area contributed by atoms with E-state index in [0.717, 1.165) is 24.2 Å². The molecule has 0 fully saturated rings. The summed E-state index contributed by atoms with van der Waals surface area (Å²) in [6.07, 6.45) is 1.91. The number of aromatic nitrogens is 2. The molecule has 1 aromatic carbocycles. The van der Waals surface area contributed by atoms with E-state index in [9.17, 15) is 9.59 Å². The second kappa shape index (κ2) is 6.43. The van der Waals surface area contributed by atoms with Crippen molar-refractivity contribution in [3.05, 3.63) is 46.4 Å². The molecule has 5 nitrogen and oxygen atoms in total. The molecule has 0 spiro atoms. The molecule has 112 valence electrons. The van der Waals surface area contributed by atoms with Crippen LogP contribution < -0.4 is 10.9 Å². The van der Waals surface area contributed by atoms with Crippen LogP contribution in [0.4, 0.5) is 5.69 Å². The van der Waals surface area contributed by atoms with Gasteiger partial charge in [0.05, 0.1) is 11.4 Å². The zero-order valence-corrected chi connectivity index (χ0v) is 12.7. The second-order valence-electron chi connectivity index (χ2n) is 5.07. The van der Waals surface area contributed by atoms with Crippen LogP contribution in [0.15, 0.2) is 35.1 Å². The highest BCUT2D eigenvalue weighted by atomic mass is 16.2. The predicted octanol–water partition coefficient (Wildman–Crippen LogP) is 2.71. The lowest BCUT2D eigenvalue weighted by molar-refractivity contribution is -0.114. The van der Waals surface area contributed by atoms with E-state index in [-0.39, 0.29) is 11.5 Å². The van der Waals surface area contributed by atoms with Crippen LogP contribution in [-0.4, -0.2) is 15.3 Å². The van der Waals surface area contributed by atoms with Crippen LogP contribution in [0.25, 0.3) is 5.69 Å². The fraction of sp³-hybridized carbons (Fsp3) is 0.375. The Morgan fingerprint density at radius 3 is 2.48 bits per heavy atom. The highest BCUT2D eigenvalue weighted by Crippen LogP contribution is 2.17. The third-order valence-electron chi connectivity index (χ3n) is 3.39. The van der Waals surface area contributed by atoms with Crippen molar-refractivity contribution >= 4 is 11.6 Å². The molecule has 0 saturated carbocycles. The van der Waals surface area contributed by atoms with Crippen LogP contribution in [-0.2, 0) is 11.3 Å². The molecule has 0 unspecified atom stereocenters. The van der Waals surface area contributed by atoms with Crippen molar-refractivity contribution < 1.29 is 4.79 Å². The van der Waals surface area contributed by atoms with Crippen LogP contribution in [0, 0.1) is 6.92 Å². The third kappa shape index (κ3) is 3.07. The molecule has 0 saturated heterocycles. The molecule has 0 aliphatic rings. The molecule has 1 amide bonds. The van der Waals surface area contributed by atoms with Crippen molar-refractivity contribution in [3.63, 3.8) is 0 Å². The molecule has 0 radical (unpaired) electrons. The lowest BCUT2D eigenvalue weighted by atomic mass is 10.3. The average Bonchev–Trinajstić information content (AvgIpc) is 2.70. The summed E-state index contributed by atoms with van der Waals surface area (Å²) in [5, 5.41) is 2.66. The van der Waals surface area contributed by atoms with Crippen molar-refractivity contribution in [2.45, 2.75) is 40.2 Å². The molecule has 2 rings (SSSR count). The largest absolute Gasteiger partial charge is 0.320 e. The summed E-state index contributed by atoms with van der Waals surface area (Å²) in [4.78, 5) is 23.9. The number of hydrogen-bond acceptors (Lipinski definition) is 2. The SMILES string of the molecule is CCCCn1c(=O)c(NC(C)=O)c(C)n1-c1ccccc1. The second-order valence-corrected chi connectivity index (χ2v) is 5.07. The summed E-state index contributed by atoms with van der Waals surface area (Å²) in [5.41, 5.74) is 1.87. The first-order valence-electron chi connectivity index (χ1n) is 7.21. The molecule has 0 atom stereocenters. The Morgan fingerprint density at radius 2 is 1.90 bits per heavy atom. The molecule has 5 heteroatoms. The first kappa shape index (κ1) is 15.1. The Balaban J connectivity index is 2.61. The smallest absolute Gasteiger partial charge is 0.291 e. The standard InChI is InChI=1S/C16H21N3O2/c1-4-5-11-18-16(21)15(17-13(3)20)12(2)19(18)14-9-7-6-8-10-14/h6-10H,4-5,11H2,1-3H3,(H,17,20). The number of amides is 1. The van der Waals surface area contributed by atoms with Crippen LogP contribution >= 0.6 is 0 Å². The van der Waals surface area contributed by atoms with Crippen molar-refractivity contribution in [2.24, 2.45) is 0 Å². The third-order valence-corrected chi connectivity index (χ3v) is 3.39. The van der Waals surface area contributed by atoms with Gasteiger partial charge in [-0.05, 0) is 25.5 Å². The molecule has 0 bridgehead atoms. The van der Waals surface area contributed by atoms with Gasteiger partial charge in [0.15, 0.2) is 0 Å². The highest BCUT2D eigenvalue weighted by Gasteiger charge is 2.18. The number of anilines is 1. The Morgan fingerprint density at radius 1 is 1.24 bits per heavy atom. The van der Waals surface area contributed by atoms with Gasteiger partial charge in [0, 0.05) is 13.5 Å². The van der Waals surface area contributed by atoms with Gasteiger partial charge in [-0.1, -0.05) is 31.5 Å². The first-order chi connectivity index (χ1) is 10.1. The van der Waals surface area contributed by atoms with E-state index in [1.165, 1.54) is 6.92 Å². The van der Waals surface area contributed by atoms with Crippen molar-refractivity contribution in [1.82, 2.24) is 9.36 Å². The maximum Gasteiger partial charge on any atom is 0.291 e. The molecule has 1 heterocycles. The quantitative estimate of drug-likeness (QED) is 0.919. The number of rotatable bonds is 5. The normalized spacial score (nSPS) is 10.6. The maximum absolute atomic E-state index is 12.6. The average molecular weight is 287 g/mol. The number of hydrogen-bond donors (Lipinski definition) is 1. The lowest BCUT2D eigenvalue weighted by Gasteiger charge is -2.13. The number of unbranched alkanes of at least 4 members (excludes halogenated alkanes) is 1. The Labute approximate surface area is 124 Å². The Hall–Kier alpha value is -2.30. The monoisotopic (exact) mass is 287 g/mol. The topological polar surface area (TPSA) is 56.0 Å². The predicted molar refractivity (Wildman–Crippen MR) is 84.0 cm³/mol. The minimum absolute atomic E-state index is 0.153. The number of nitrogens with one attached hydrogen (secondary N) is 1. The zero-order valence-electron chi connectivity index (χ0n) is 12.7. The molecule has 2 aromatic rings. The van der Waals surface area contributed by atoms with E-state index in [1.807, 2.05) is 41.9 Å². The molecular formula is C16H21N3O2. The minimum atomic E-state index is -0.233. The number of para-hydroxylation sites is 1. The molecule has 21 heavy (non-hydrogen) atoms. The summed E-state index contributed by atoms with van der Waals surface area (Å²) in [5.74, 6) is -0.233. The molecule has 1 N–H and O–H groups in total. The van der Waals surface area contributed by atoms with Crippen molar-refractivity contribution in [1.29, 1.82) is 0 Å². The van der Waals surface area contributed by atoms with E-state index < -0.39 is 0 Å². The first-order valence-corrected chi connectivity index (χ1v) is 7.21. The minimum Gasteiger partial charge on any atom is -0.320 e. The van der Waals surface area contributed by atoms with Crippen molar-refractivity contribution in [3.8, 4) is 5.69 Å². The van der Waals surface area contributed by atoms with Gasteiger partial charge in [0.1, 0.15) is 5.69 Å². The van der Waals surface area contributed by atoms with Gasteiger partial charge in [0.2, 0.25) is 5.91 Å². The number of benzene rings is 1. The van der Waals surface area contributed by atoms with Gasteiger partial charge in [-0.15, -0.1) is 0 Å². The maximum atomic E-state index is 12.6.